The molecule has 9 aromatic rings. The van der Waals surface area contributed by atoms with Gasteiger partial charge in [0.15, 0.2) is 5.75 Å². The van der Waals surface area contributed by atoms with E-state index in [1.54, 1.807) is 10.4 Å². The first-order valence-corrected chi connectivity index (χ1v) is 31.0. The van der Waals surface area contributed by atoms with E-state index >= 15 is 0 Å². The Bertz CT molecular complexity index is 3810. The quantitative estimate of drug-likeness (QED) is 0.155. The lowest BCUT2D eigenvalue weighted by atomic mass is 9.34. The van der Waals surface area contributed by atoms with E-state index in [1.807, 2.05) is 0 Å². The van der Waals surface area contributed by atoms with E-state index in [-0.39, 0.29) is 17.5 Å². The third-order valence-electron chi connectivity index (χ3n) is 18.2. The van der Waals surface area contributed by atoms with Gasteiger partial charge in [-0.3, -0.25) is 0 Å². The number of rotatable bonds is 6. The Labute approximate surface area is 451 Å². The van der Waals surface area contributed by atoms with Crippen molar-refractivity contribution >= 4 is 80.9 Å². The van der Waals surface area contributed by atoms with E-state index in [1.165, 1.54) is 125 Å². The van der Waals surface area contributed by atoms with Gasteiger partial charge in [0.25, 0.3) is 0 Å². The third-order valence-corrected chi connectivity index (χ3v) is 22.8. The van der Waals surface area contributed by atoms with Crippen LogP contribution in [0.15, 0.2) is 181 Å². The Kier molecular flexibility index (Phi) is 10.8. The molecular formula is C70H68BN3OSi. The summed E-state index contributed by atoms with van der Waals surface area (Å²) >= 11 is 0. The van der Waals surface area contributed by atoms with Crippen molar-refractivity contribution in [1.82, 2.24) is 4.57 Å². The second-order valence-corrected chi connectivity index (χ2v) is 29.1. The number of allylic oxidation sites excluding steroid dienone is 2. The number of aryl methyl sites for hydroxylation is 1. The fourth-order valence-corrected chi connectivity index (χ4v) is 17.8. The molecule has 0 saturated carbocycles. The molecule has 0 bridgehead atoms. The van der Waals surface area contributed by atoms with Gasteiger partial charge < -0.3 is 19.1 Å². The monoisotopic (exact) mass is 1010 g/mol. The number of benzene rings is 8. The molecule has 1 unspecified atom stereocenters. The largest absolute Gasteiger partial charge is 0.458 e. The Morgan fingerprint density at radius 1 is 0.539 bits per heavy atom. The molecule has 1 aromatic heterocycles. The molecule has 0 spiro atoms. The van der Waals surface area contributed by atoms with Crippen LogP contribution in [0.25, 0.3) is 38.8 Å². The van der Waals surface area contributed by atoms with Crippen LogP contribution in [0.5, 0.6) is 5.75 Å². The van der Waals surface area contributed by atoms with Crippen LogP contribution in [0, 0.1) is 0 Å². The Hall–Kier alpha value is -7.28. The second-order valence-electron chi connectivity index (χ2n) is 24.7. The van der Waals surface area contributed by atoms with Crippen molar-refractivity contribution in [2.45, 2.75) is 117 Å². The smallest absolute Gasteiger partial charge is 0.246 e. The minimum absolute atomic E-state index is 0.0262. The topological polar surface area (TPSA) is 20.6 Å². The highest BCUT2D eigenvalue weighted by Crippen LogP contribution is 2.51. The molecule has 0 amide bonds. The standard InChI is InChI=1S/C70H68BN3OSi/c1-9-76(8)65-44-50(73-59-30-18-20-33-63(59)75-64-34-21-19-31-60(64)73)36-38-56(65)71-55-37-35-49(72-57-29-17-16-27-51(57)52-28-22-32-58(52)72)43-61(55)74(62-41-48(70(5,6)7)42-66(76)67(62)71)68-53(45-23-12-10-13-24-45)39-47(69(2,3)4)40-54(68)46-25-14-11-15-26-46/h10-18,20,23-27,29-30,33,35-44H,9,19,21-22,28,31-32,34H2,1-8H3. The SMILES string of the molecule is CC[Si]1(C)c2cc(N3C4=C(CCCC4)Oc4ccccc43)ccc2B2c3ccc(-n4c5c(c6ccccc64)CCC5)cc3N(c3c(-c4ccccc4)cc(C(C)(C)C)cc3-c3ccccc3)c3cc(C(C)(C)C)cc1c32. The molecule has 4 nitrogen and oxygen atoms in total. The third kappa shape index (κ3) is 7.15. The van der Waals surface area contributed by atoms with Crippen LogP contribution in [-0.2, 0) is 23.7 Å². The first-order valence-electron chi connectivity index (χ1n) is 28.3. The highest BCUT2D eigenvalue weighted by atomic mass is 28.3. The molecule has 8 aromatic carbocycles. The molecule has 4 heterocycles. The average molecular weight is 1010 g/mol. The van der Waals surface area contributed by atoms with Crippen molar-refractivity contribution in [1.29, 1.82) is 0 Å². The molecule has 0 fully saturated rings. The van der Waals surface area contributed by atoms with Gasteiger partial charge in [0.2, 0.25) is 6.71 Å². The summed E-state index contributed by atoms with van der Waals surface area (Å²) in [5.74, 6) is 2.10. The Balaban J connectivity index is 1.11. The summed E-state index contributed by atoms with van der Waals surface area (Å²) in [6, 6.07) is 67.1. The van der Waals surface area contributed by atoms with Gasteiger partial charge in [-0.25, -0.2) is 0 Å². The van der Waals surface area contributed by atoms with Crippen molar-refractivity contribution in [3.8, 4) is 33.7 Å². The van der Waals surface area contributed by atoms with Crippen molar-refractivity contribution in [2.24, 2.45) is 0 Å². The summed E-state index contributed by atoms with van der Waals surface area (Å²) in [4.78, 5) is 5.35. The predicted molar refractivity (Wildman–Crippen MR) is 325 cm³/mol. The molecular weight excluding hydrogens is 938 g/mol. The first kappa shape index (κ1) is 47.2. The van der Waals surface area contributed by atoms with E-state index in [4.69, 9.17) is 4.74 Å². The zero-order valence-electron chi connectivity index (χ0n) is 45.6. The van der Waals surface area contributed by atoms with Crippen LogP contribution >= 0.6 is 0 Å². The van der Waals surface area contributed by atoms with E-state index in [2.05, 4.69) is 239 Å². The van der Waals surface area contributed by atoms with Gasteiger partial charge in [-0.1, -0.05) is 186 Å². The number of aromatic nitrogens is 1. The molecule has 0 radical (unpaired) electrons. The number of anilines is 5. The minimum atomic E-state index is -2.49. The maximum atomic E-state index is 6.72. The summed E-state index contributed by atoms with van der Waals surface area (Å²) in [6.45, 7) is 19.6. The molecule has 6 heteroatoms. The zero-order chi connectivity index (χ0) is 51.8. The number of fused-ring (bicyclic) bond motifs is 8. The zero-order valence-corrected chi connectivity index (χ0v) is 46.6. The van der Waals surface area contributed by atoms with Crippen LogP contribution in [0.2, 0.25) is 12.6 Å². The predicted octanol–water partition coefficient (Wildman–Crippen LogP) is 15.2. The number of ether oxygens (including phenoxy) is 1. The van der Waals surface area contributed by atoms with Crippen LogP contribution in [0.4, 0.5) is 28.4 Å². The molecule has 0 saturated heterocycles. The lowest BCUT2D eigenvalue weighted by Gasteiger charge is -2.47. The number of nitrogens with zero attached hydrogens (tertiary/aromatic N) is 3. The fourth-order valence-electron chi connectivity index (χ4n) is 14.0. The summed E-state index contributed by atoms with van der Waals surface area (Å²) in [5.41, 5.74) is 24.8. The first-order chi connectivity index (χ1) is 36.8. The summed E-state index contributed by atoms with van der Waals surface area (Å²) in [5, 5.41) is 4.53. The fraction of sp³-hybridized carbons (Fsp3) is 0.257. The van der Waals surface area contributed by atoms with Gasteiger partial charge in [-0.2, -0.15) is 0 Å². The summed E-state index contributed by atoms with van der Waals surface area (Å²) in [7, 11) is -2.49. The van der Waals surface area contributed by atoms with Gasteiger partial charge in [0, 0.05) is 51.4 Å². The van der Waals surface area contributed by atoms with Crippen molar-refractivity contribution in [3.05, 3.63) is 204 Å². The molecule has 2 aliphatic carbocycles. The van der Waals surface area contributed by atoms with Gasteiger partial charge in [0.1, 0.15) is 13.8 Å². The average Bonchev–Trinajstić information content (AvgIpc) is 4.17. The number of hydrogen-bond acceptors (Lipinski definition) is 3. The molecule has 1 atom stereocenters. The molecule has 376 valence electrons. The lowest BCUT2D eigenvalue weighted by Crippen LogP contribution is -2.78. The summed E-state index contributed by atoms with van der Waals surface area (Å²) in [6.07, 6.45) is 7.74. The molecule has 0 N–H and O–H groups in total. The van der Waals surface area contributed by atoms with Crippen molar-refractivity contribution in [3.63, 3.8) is 0 Å². The Morgan fingerprint density at radius 3 is 1.91 bits per heavy atom. The van der Waals surface area contributed by atoms with Crippen molar-refractivity contribution in [2.75, 3.05) is 9.80 Å². The second kappa shape index (κ2) is 17.4. The number of para-hydroxylation sites is 3. The molecule has 3 aliphatic heterocycles. The van der Waals surface area contributed by atoms with Crippen LogP contribution in [-0.4, -0.2) is 19.4 Å². The van der Waals surface area contributed by atoms with E-state index in [0.717, 1.165) is 48.9 Å². The minimum Gasteiger partial charge on any atom is -0.458 e. The normalized spacial score (nSPS) is 17.4. The molecule has 5 aliphatic rings. The number of hydrogen-bond donors (Lipinski definition) is 0. The molecule has 14 rings (SSSR count). The Morgan fingerprint density at radius 2 is 1.18 bits per heavy atom. The van der Waals surface area contributed by atoms with Crippen LogP contribution in [0.3, 0.4) is 0 Å². The van der Waals surface area contributed by atoms with Crippen LogP contribution < -0.4 is 41.3 Å². The van der Waals surface area contributed by atoms with E-state index < -0.39 is 8.07 Å². The maximum absolute atomic E-state index is 6.72. The van der Waals surface area contributed by atoms with Crippen LogP contribution in [0.1, 0.15) is 103 Å². The van der Waals surface area contributed by atoms with E-state index in [9.17, 15) is 0 Å². The van der Waals surface area contributed by atoms with E-state index in [0.29, 0.717) is 0 Å². The maximum Gasteiger partial charge on any atom is 0.246 e. The van der Waals surface area contributed by atoms with Crippen molar-refractivity contribution < 1.29 is 4.74 Å². The van der Waals surface area contributed by atoms with Gasteiger partial charge in [0.05, 0.1) is 22.6 Å². The summed E-state index contributed by atoms with van der Waals surface area (Å²) < 4.78 is 9.34. The van der Waals surface area contributed by atoms with Gasteiger partial charge in [-0.05, 0) is 149 Å². The highest BCUT2D eigenvalue weighted by molar-refractivity contribution is 7.15. The van der Waals surface area contributed by atoms with Gasteiger partial charge >= 0.3 is 0 Å². The van der Waals surface area contributed by atoms with Gasteiger partial charge in [-0.15, -0.1) is 0 Å². The molecule has 76 heavy (non-hydrogen) atoms. The lowest BCUT2D eigenvalue weighted by molar-refractivity contribution is 0.363. The highest BCUT2D eigenvalue weighted by Gasteiger charge is 2.50.